The van der Waals surface area contributed by atoms with E-state index in [2.05, 4.69) is 61.4 Å². The van der Waals surface area contributed by atoms with Gasteiger partial charge in [0.1, 0.15) is 0 Å². The minimum Gasteiger partial charge on any atom is -0.312 e. The van der Waals surface area contributed by atoms with Gasteiger partial charge in [0.15, 0.2) is 0 Å². The number of nitrogens with zero attached hydrogens (tertiary/aromatic N) is 1. The first-order valence-electron chi connectivity index (χ1n) is 7.18. The predicted octanol–water partition coefficient (Wildman–Crippen LogP) is 3.07. The number of likely N-dealkylation sites (tertiary alicyclic amines) is 1. The van der Waals surface area contributed by atoms with Crippen LogP contribution in [0.1, 0.15) is 38.3 Å². The van der Waals surface area contributed by atoms with Crippen LogP contribution in [0.5, 0.6) is 0 Å². The van der Waals surface area contributed by atoms with Crippen LogP contribution in [0.4, 0.5) is 0 Å². The van der Waals surface area contributed by atoms with E-state index in [0.29, 0.717) is 12.1 Å². The highest BCUT2D eigenvalue weighted by Gasteiger charge is 2.26. The van der Waals surface area contributed by atoms with Crippen molar-refractivity contribution in [3.8, 4) is 0 Å². The zero-order valence-corrected chi connectivity index (χ0v) is 11.9. The molecule has 2 nitrogen and oxygen atoms in total. The molecule has 2 heteroatoms. The van der Waals surface area contributed by atoms with Crippen molar-refractivity contribution < 1.29 is 0 Å². The molecule has 0 bridgehead atoms. The lowest BCUT2D eigenvalue weighted by molar-refractivity contribution is 0.115. The van der Waals surface area contributed by atoms with Crippen LogP contribution in [-0.2, 0) is 0 Å². The number of hydrogen-bond acceptors (Lipinski definition) is 2. The average molecular weight is 246 g/mol. The maximum atomic E-state index is 3.49. The van der Waals surface area contributed by atoms with E-state index >= 15 is 0 Å². The van der Waals surface area contributed by atoms with Gasteiger partial charge in [-0.15, -0.1) is 0 Å². The monoisotopic (exact) mass is 246 g/mol. The number of piperidine rings is 1. The second-order valence-electron chi connectivity index (χ2n) is 5.66. The molecule has 18 heavy (non-hydrogen) atoms. The van der Waals surface area contributed by atoms with Crippen LogP contribution >= 0.6 is 0 Å². The summed E-state index contributed by atoms with van der Waals surface area (Å²) >= 11 is 0. The molecule has 1 N–H and O–H groups in total. The highest BCUT2D eigenvalue weighted by atomic mass is 15.2. The number of benzene rings is 1. The van der Waals surface area contributed by atoms with E-state index in [-0.39, 0.29) is 0 Å². The Morgan fingerprint density at radius 2 is 2.00 bits per heavy atom. The lowest BCUT2D eigenvalue weighted by Crippen LogP contribution is -2.46. The molecule has 100 valence electrons. The van der Waals surface area contributed by atoms with E-state index in [0.717, 1.165) is 5.92 Å². The quantitative estimate of drug-likeness (QED) is 0.878. The molecule has 1 aliphatic heterocycles. The van der Waals surface area contributed by atoms with Crippen molar-refractivity contribution in [3.63, 3.8) is 0 Å². The van der Waals surface area contributed by atoms with Crippen molar-refractivity contribution in [2.75, 3.05) is 20.1 Å². The van der Waals surface area contributed by atoms with Crippen molar-refractivity contribution in [2.45, 2.75) is 38.8 Å². The van der Waals surface area contributed by atoms with E-state index in [4.69, 9.17) is 0 Å². The normalized spacial score (nSPS) is 24.7. The summed E-state index contributed by atoms with van der Waals surface area (Å²) in [7, 11) is 2.07. The fraction of sp³-hybridized carbons (Fsp3) is 0.625. The van der Waals surface area contributed by atoms with Gasteiger partial charge in [-0.3, -0.25) is 4.90 Å². The molecular weight excluding hydrogens is 220 g/mol. The van der Waals surface area contributed by atoms with E-state index in [1.165, 1.54) is 31.5 Å². The summed E-state index contributed by atoms with van der Waals surface area (Å²) in [4.78, 5) is 2.64. The molecule has 2 rings (SSSR count). The van der Waals surface area contributed by atoms with Gasteiger partial charge in [-0.2, -0.15) is 0 Å². The first-order valence-corrected chi connectivity index (χ1v) is 7.18. The van der Waals surface area contributed by atoms with Crippen LogP contribution in [0, 0.1) is 5.92 Å². The molecule has 1 aliphatic rings. The van der Waals surface area contributed by atoms with Crippen LogP contribution < -0.4 is 5.32 Å². The second-order valence-corrected chi connectivity index (χ2v) is 5.66. The van der Waals surface area contributed by atoms with Crippen molar-refractivity contribution >= 4 is 0 Å². The Bertz CT molecular complexity index is 349. The summed E-state index contributed by atoms with van der Waals surface area (Å²) in [5.74, 6) is 0.842. The Hall–Kier alpha value is -0.860. The van der Waals surface area contributed by atoms with Gasteiger partial charge in [-0.25, -0.2) is 0 Å². The van der Waals surface area contributed by atoms with E-state index in [1.807, 2.05) is 0 Å². The van der Waals surface area contributed by atoms with Crippen molar-refractivity contribution in [1.82, 2.24) is 10.2 Å². The fourth-order valence-corrected chi connectivity index (χ4v) is 3.15. The van der Waals surface area contributed by atoms with Crippen molar-refractivity contribution in [2.24, 2.45) is 5.92 Å². The zero-order valence-electron chi connectivity index (χ0n) is 11.9. The Morgan fingerprint density at radius 3 is 2.61 bits per heavy atom. The van der Waals surface area contributed by atoms with Crippen LogP contribution in [0.25, 0.3) is 0 Å². The first-order chi connectivity index (χ1) is 8.72. The molecule has 1 aromatic rings. The number of likely N-dealkylation sites (N-methyl/N-ethyl adjacent to an activating group) is 1. The first kappa shape index (κ1) is 13.6. The molecule has 0 amide bonds. The minimum atomic E-state index is 0.427. The molecule has 3 atom stereocenters. The highest BCUT2D eigenvalue weighted by Crippen LogP contribution is 2.25. The summed E-state index contributed by atoms with van der Waals surface area (Å²) in [5.41, 5.74) is 1.39. The molecule has 1 heterocycles. The Balaban J connectivity index is 2.07. The molecule has 0 aliphatic carbocycles. The summed E-state index contributed by atoms with van der Waals surface area (Å²) in [6.45, 7) is 7.21. The molecule has 1 aromatic carbocycles. The summed E-state index contributed by atoms with van der Waals surface area (Å²) in [5, 5.41) is 3.49. The maximum absolute atomic E-state index is 3.49. The summed E-state index contributed by atoms with van der Waals surface area (Å²) < 4.78 is 0. The average Bonchev–Trinajstić information content (AvgIpc) is 2.41. The smallest absolute Gasteiger partial charge is 0.0473 e. The lowest BCUT2D eigenvalue weighted by atomic mass is 9.94. The van der Waals surface area contributed by atoms with E-state index in [1.54, 1.807) is 0 Å². The van der Waals surface area contributed by atoms with Gasteiger partial charge < -0.3 is 5.32 Å². The van der Waals surface area contributed by atoms with Gasteiger partial charge in [0.2, 0.25) is 0 Å². The largest absolute Gasteiger partial charge is 0.312 e. The SMILES string of the molecule is CNC(c1ccccc1)C(C)N1CCCC(C)C1. The van der Waals surface area contributed by atoms with Crippen LogP contribution in [0.2, 0.25) is 0 Å². The maximum Gasteiger partial charge on any atom is 0.0473 e. The molecular formula is C16H26N2. The fourth-order valence-electron chi connectivity index (χ4n) is 3.15. The molecule has 0 saturated carbocycles. The van der Waals surface area contributed by atoms with Gasteiger partial charge >= 0.3 is 0 Å². The van der Waals surface area contributed by atoms with Crippen molar-refractivity contribution in [3.05, 3.63) is 35.9 Å². The summed E-state index contributed by atoms with van der Waals surface area (Å²) in [6, 6.07) is 11.8. The van der Waals surface area contributed by atoms with Crippen LogP contribution in [0.15, 0.2) is 30.3 Å². The third-order valence-corrected chi connectivity index (χ3v) is 4.22. The van der Waals surface area contributed by atoms with Gasteiger partial charge in [0.25, 0.3) is 0 Å². The molecule has 0 spiro atoms. The number of nitrogens with one attached hydrogen (secondary N) is 1. The van der Waals surface area contributed by atoms with Gasteiger partial charge in [0.05, 0.1) is 0 Å². The second kappa shape index (κ2) is 6.35. The standard InChI is InChI=1S/C16H26N2/c1-13-8-7-11-18(12-13)14(2)16(17-3)15-9-5-4-6-10-15/h4-6,9-10,13-14,16-17H,7-8,11-12H2,1-3H3. The number of rotatable bonds is 4. The molecule has 0 aromatic heterocycles. The third kappa shape index (κ3) is 3.12. The summed E-state index contributed by atoms with van der Waals surface area (Å²) in [6.07, 6.45) is 2.73. The highest BCUT2D eigenvalue weighted by molar-refractivity contribution is 5.20. The lowest BCUT2D eigenvalue weighted by Gasteiger charge is -2.39. The Kier molecular flexibility index (Phi) is 4.79. The topological polar surface area (TPSA) is 15.3 Å². The Labute approximate surface area is 111 Å². The molecule has 1 fully saturated rings. The molecule has 3 unspecified atom stereocenters. The van der Waals surface area contributed by atoms with Gasteiger partial charge in [-0.1, -0.05) is 37.3 Å². The van der Waals surface area contributed by atoms with Crippen molar-refractivity contribution in [1.29, 1.82) is 0 Å². The van der Waals surface area contributed by atoms with Gasteiger partial charge in [0, 0.05) is 18.6 Å². The van der Waals surface area contributed by atoms with Gasteiger partial charge in [-0.05, 0) is 44.8 Å². The molecule has 1 saturated heterocycles. The third-order valence-electron chi connectivity index (χ3n) is 4.22. The number of hydrogen-bond donors (Lipinski definition) is 1. The van der Waals surface area contributed by atoms with Crippen LogP contribution in [0.3, 0.4) is 0 Å². The van der Waals surface area contributed by atoms with E-state index < -0.39 is 0 Å². The van der Waals surface area contributed by atoms with Crippen LogP contribution in [-0.4, -0.2) is 31.1 Å². The zero-order chi connectivity index (χ0) is 13.0. The Morgan fingerprint density at radius 1 is 1.28 bits per heavy atom. The van der Waals surface area contributed by atoms with E-state index in [9.17, 15) is 0 Å². The predicted molar refractivity (Wildman–Crippen MR) is 77.7 cm³/mol. The molecule has 0 radical (unpaired) electrons. The minimum absolute atomic E-state index is 0.427.